The summed E-state index contributed by atoms with van der Waals surface area (Å²) in [6.45, 7) is 12.0. The average molecular weight is 290 g/mol. The Bertz CT molecular complexity index is 445. The first-order valence-electron chi connectivity index (χ1n) is 7.87. The monoisotopic (exact) mass is 290 g/mol. The molecule has 0 aromatic heterocycles. The molecule has 1 rings (SSSR count). The number of carbonyl (C=O) groups is 1. The van der Waals surface area contributed by atoms with Crippen molar-refractivity contribution in [3.05, 3.63) is 35.4 Å². The fraction of sp³-hybridized carbons (Fsp3) is 0.611. The summed E-state index contributed by atoms with van der Waals surface area (Å²) in [5.41, 5.74) is 7.93. The van der Waals surface area contributed by atoms with Gasteiger partial charge in [-0.2, -0.15) is 0 Å². The van der Waals surface area contributed by atoms with E-state index in [1.54, 1.807) is 0 Å². The van der Waals surface area contributed by atoms with Crippen LogP contribution in [0.3, 0.4) is 0 Å². The molecule has 21 heavy (non-hydrogen) atoms. The molecule has 0 aliphatic carbocycles. The molecule has 118 valence electrons. The van der Waals surface area contributed by atoms with Crippen LogP contribution in [0.1, 0.15) is 63.4 Å². The van der Waals surface area contributed by atoms with Gasteiger partial charge in [-0.25, -0.2) is 0 Å². The maximum absolute atomic E-state index is 12.2. The fourth-order valence-electron chi connectivity index (χ4n) is 2.35. The van der Waals surface area contributed by atoms with Crippen LogP contribution in [0.25, 0.3) is 0 Å². The second-order valence-electron chi connectivity index (χ2n) is 6.92. The lowest BCUT2D eigenvalue weighted by Crippen LogP contribution is -2.41. The lowest BCUT2D eigenvalue weighted by Gasteiger charge is -2.30. The van der Waals surface area contributed by atoms with Crippen molar-refractivity contribution in [2.24, 2.45) is 11.1 Å². The number of hydrogen-bond donors (Lipinski definition) is 2. The van der Waals surface area contributed by atoms with Gasteiger partial charge in [-0.05, 0) is 47.9 Å². The summed E-state index contributed by atoms with van der Waals surface area (Å²) in [6, 6.07) is 7.87. The molecular formula is C18H30N2O. The Morgan fingerprint density at radius 1 is 1.10 bits per heavy atom. The van der Waals surface area contributed by atoms with Gasteiger partial charge < -0.3 is 11.1 Å². The molecule has 3 heteroatoms. The van der Waals surface area contributed by atoms with E-state index in [1.165, 1.54) is 5.56 Å². The lowest BCUT2D eigenvalue weighted by molar-refractivity contribution is 0.0928. The van der Waals surface area contributed by atoms with Crippen LogP contribution in [-0.4, -0.2) is 19.0 Å². The van der Waals surface area contributed by atoms with E-state index in [-0.39, 0.29) is 16.7 Å². The van der Waals surface area contributed by atoms with Crippen molar-refractivity contribution in [1.82, 2.24) is 5.32 Å². The number of amides is 1. The van der Waals surface area contributed by atoms with Crippen LogP contribution >= 0.6 is 0 Å². The summed E-state index contributed by atoms with van der Waals surface area (Å²) in [6.07, 6.45) is 1.95. The third-order valence-electron chi connectivity index (χ3n) is 4.57. The Labute approximate surface area is 129 Å². The van der Waals surface area contributed by atoms with Crippen LogP contribution in [0.15, 0.2) is 24.3 Å². The predicted molar refractivity (Wildman–Crippen MR) is 89.5 cm³/mol. The molecule has 0 saturated heterocycles. The minimum absolute atomic E-state index is 0.0149. The second kappa shape index (κ2) is 7.08. The molecule has 3 nitrogen and oxygen atoms in total. The first-order valence-corrected chi connectivity index (χ1v) is 7.87. The molecule has 0 saturated carbocycles. The Morgan fingerprint density at radius 3 is 2.00 bits per heavy atom. The molecule has 0 bridgehead atoms. The Balaban J connectivity index is 2.72. The average Bonchev–Trinajstić information content (AvgIpc) is 2.48. The SMILES string of the molecule is CCC(CC)(CN)CNC(=O)c1ccc(C(C)(C)C)cc1. The number of carbonyl (C=O) groups excluding carboxylic acids is 1. The summed E-state index contributed by atoms with van der Waals surface area (Å²) >= 11 is 0. The molecular weight excluding hydrogens is 260 g/mol. The minimum Gasteiger partial charge on any atom is -0.351 e. The Hall–Kier alpha value is -1.35. The predicted octanol–water partition coefficient (Wildman–Crippen LogP) is 3.48. The van der Waals surface area contributed by atoms with Crippen molar-refractivity contribution in [3.8, 4) is 0 Å². The zero-order chi connectivity index (χ0) is 16.1. The molecule has 3 N–H and O–H groups in total. The molecule has 0 radical (unpaired) electrons. The molecule has 0 fully saturated rings. The maximum atomic E-state index is 12.2. The van der Waals surface area contributed by atoms with Crippen molar-refractivity contribution >= 4 is 5.91 Å². The van der Waals surface area contributed by atoms with E-state index in [0.717, 1.165) is 12.8 Å². The Kier molecular flexibility index (Phi) is 5.97. The summed E-state index contributed by atoms with van der Waals surface area (Å²) < 4.78 is 0. The van der Waals surface area contributed by atoms with Gasteiger partial charge in [0.25, 0.3) is 5.91 Å². The van der Waals surface area contributed by atoms with E-state index in [2.05, 4.69) is 39.9 Å². The van der Waals surface area contributed by atoms with Crippen molar-refractivity contribution in [2.45, 2.75) is 52.9 Å². The number of nitrogens with one attached hydrogen (secondary N) is 1. The lowest BCUT2D eigenvalue weighted by atomic mass is 9.82. The quantitative estimate of drug-likeness (QED) is 0.842. The van der Waals surface area contributed by atoms with Gasteiger partial charge in [0.15, 0.2) is 0 Å². The number of rotatable bonds is 6. The molecule has 0 aliphatic rings. The fourth-order valence-corrected chi connectivity index (χ4v) is 2.35. The zero-order valence-electron chi connectivity index (χ0n) is 14.1. The van der Waals surface area contributed by atoms with Gasteiger partial charge in [0.2, 0.25) is 0 Å². The van der Waals surface area contributed by atoms with E-state index in [4.69, 9.17) is 5.73 Å². The van der Waals surface area contributed by atoms with Crippen LogP contribution in [0.4, 0.5) is 0 Å². The zero-order valence-corrected chi connectivity index (χ0v) is 14.1. The van der Waals surface area contributed by atoms with Crippen molar-refractivity contribution in [2.75, 3.05) is 13.1 Å². The highest BCUT2D eigenvalue weighted by atomic mass is 16.1. The third-order valence-corrected chi connectivity index (χ3v) is 4.57. The van der Waals surface area contributed by atoms with Gasteiger partial charge in [-0.1, -0.05) is 46.8 Å². The van der Waals surface area contributed by atoms with Gasteiger partial charge >= 0.3 is 0 Å². The third kappa shape index (κ3) is 4.57. The molecule has 0 spiro atoms. The molecule has 1 amide bonds. The van der Waals surface area contributed by atoms with Crippen LogP contribution < -0.4 is 11.1 Å². The highest BCUT2D eigenvalue weighted by molar-refractivity contribution is 5.94. The first-order chi connectivity index (χ1) is 9.78. The van der Waals surface area contributed by atoms with E-state index in [0.29, 0.717) is 18.7 Å². The van der Waals surface area contributed by atoms with E-state index in [1.807, 2.05) is 24.3 Å². The summed E-state index contributed by atoms with van der Waals surface area (Å²) in [4.78, 5) is 12.2. The van der Waals surface area contributed by atoms with Crippen LogP contribution in [0.2, 0.25) is 0 Å². The van der Waals surface area contributed by atoms with Gasteiger partial charge in [0, 0.05) is 12.1 Å². The van der Waals surface area contributed by atoms with Crippen molar-refractivity contribution in [1.29, 1.82) is 0 Å². The standard InChI is InChI=1S/C18H30N2O/c1-6-18(7-2,12-19)13-20-16(21)14-8-10-15(11-9-14)17(3,4)5/h8-11H,6-7,12-13,19H2,1-5H3,(H,20,21). The van der Waals surface area contributed by atoms with Crippen molar-refractivity contribution < 1.29 is 4.79 Å². The highest BCUT2D eigenvalue weighted by Gasteiger charge is 2.25. The minimum atomic E-state index is -0.0183. The summed E-state index contributed by atoms with van der Waals surface area (Å²) in [7, 11) is 0. The van der Waals surface area contributed by atoms with E-state index >= 15 is 0 Å². The van der Waals surface area contributed by atoms with E-state index in [9.17, 15) is 4.79 Å². The van der Waals surface area contributed by atoms with Crippen molar-refractivity contribution in [3.63, 3.8) is 0 Å². The van der Waals surface area contributed by atoms with Gasteiger partial charge in [0.05, 0.1) is 0 Å². The normalized spacial score (nSPS) is 12.3. The molecule has 0 aliphatic heterocycles. The highest BCUT2D eigenvalue weighted by Crippen LogP contribution is 2.24. The molecule has 0 atom stereocenters. The molecule has 0 unspecified atom stereocenters. The van der Waals surface area contributed by atoms with E-state index < -0.39 is 0 Å². The smallest absolute Gasteiger partial charge is 0.251 e. The molecule has 1 aromatic carbocycles. The number of benzene rings is 1. The Morgan fingerprint density at radius 2 is 1.62 bits per heavy atom. The number of nitrogens with two attached hydrogens (primary N) is 1. The van der Waals surface area contributed by atoms with Crippen LogP contribution in [-0.2, 0) is 5.41 Å². The van der Waals surface area contributed by atoms with Gasteiger partial charge in [0.1, 0.15) is 0 Å². The summed E-state index contributed by atoms with van der Waals surface area (Å²) in [5, 5.41) is 3.03. The first kappa shape index (κ1) is 17.7. The second-order valence-corrected chi connectivity index (χ2v) is 6.92. The summed E-state index contributed by atoms with van der Waals surface area (Å²) in [5.74, 6) is -0.0183. The largest absolute Gasteiger partial charge is 0.351 e. The molecule has 0 heterocycles. The number of hydrogen-bond acceptors (Lipinski definition) is 2. The van der Waals surface area contributed by atoms with Gasteiger partial charge in [-0.3, -0.25) is 4.79 Å². The van der Waals surface area contributed by atoms with Crippen LogP contribution in [0, 0.1) is 5.41 Å². The molecule has 1 aromatic rings. The topological polar surface area (TPSA) is 55.1 Å². The van der Waals surface area contributed by atoms with Crippen LogP contribution in [0.5, 0.6) is 0 Å². The van der Waals surface area contributed by atoms with Gasteiger partial charge in [-0.15, -0.1) is 0 Å². The maximum Gasteiger partial charge on any atom is 0.251 e.